The lowest BCUT2D eigenvalue weighted by atomic mass is 10.2. The Morgan fingerprint density at radius 3 is 2.71 bits per heavy atom. The number of furan rings is 1. The molecule has 0 spiro atoms. The van der Waals surface area contributed by atoms with Crippen molar-refractivity contribution in [3.8, 4) is 5.75 Å². The van der Waals surface area contributed by atoms with Gasteiger partial charge < -0.3 is 24.5 Å². The van der Waals surface area contributed by atoms with Gasteiger partial charge in [0.2, 0.25) is 0 Å². The first-order chi connectivity index (χ1) is 14.8. The van der Waals surface area contributed by atoms with Crippen molar-refractivity contribution in [1.82, 2.24) is 15.5 Å². The first kappa shape index (κ1) is 25.2. The lowest BCUT2D eigenvalue weighted by Gasteiger charge is -2.26. The van der Waals surface area contributed by atoms with Gasteiger partial charge in [0.25, 0.3) is 0 Å². The van der Waals surface area contributed by atoms with Crippen LogP contribution in [0.1, 0.15) is 11.3 Å². The van der Waals surface area contributed by atoms with Gasteiger partial charge in [0, 0.05) is 44.7 Å². The molecule has 1 aliphatic heterocycles. The van der Waals surface area contributed by atoms with Crippen molar-refractivity contribution < 1.29 is 13.9 Å². The van der Waals surface area contributed by atoms with E-state index in [0.29, 0.717) is 13.2 Å². The average molecular weight is 540 g/mol. The zero-order chi connectivity index (χ0) is 20.9. The monoisotopic (exact) mass is 540 g/mol. The summed E-state index contributed by atoms with van der Waals surface area (Å²) in [5.74, 6) is 2.58. The number of benzene rings is 1. The summed E-state index contributed by atoms with van der Waals surface area (Å²) in [5.41, 5.74) is 1.04. The van der Waals surface area contributed by atoms with E-state index >= 15 is 0 Å². The van der Waals surface area contributed by atoms with Crippen LogP contribution in [0.25, 0.3) is 0 Å². The largest absolute Gasteiger partial charge is 0.489 e. The molecule has 0 atom stereocenters. The Morgan fingerprint density at radius 1 is 1.13 bits per heavy atom. The van der Waals surface area contributed by atoms with E-state index in [4.69, 9.17) is 18.9 Å². The van der Waals surface area contributed by atoms with Crippen LogP contribution in [0.4, 0.5) is 0 Å². The van der Waals surface area contributed by atoms with Crippen LogP contribution >= 0.6 is 24.0 Å². The second-order valence-corrected chi connectivity index (χ2v) is 7.01. The number of nitrogens with zero attached hydrogens (tertiary/aromatic N) is 2. The Morgan fingerprint density at radius 2 is 1.94 bits per heavy atom. The predicted octanol–water partition coefficient (Wildman–Crippen LogP) is 3.07. The summed E-state index contributed by atoms with van der Waals surface area (Å²) in [6.45, 7) is 10.8. The average Bonchev–Trinajstić information content (AvgIpc) is 3.30. The molecule has 0 aliphatic carbocycles. The van der Waals surface area contributed by atoms with E-state index in [0.717, 1.165) is 75.4 Å². The lowest BCUT2D eigenvalue weighted by molar-refractivity contribution is 0.0389. The summed E-state index contributed by atoms with van der Waals surface area (Å²) < 4.78 is 16.6. The fraction of sp³-hybridized carbons (Fsp3) is 0.435. The molecule has 2 N–H and O–H groups in total. The zero-order valence-corrected chi connectivity index (χ0v) is 20.3. The molecule has 1 aromatic carbocycles. The van der Waals surface area contributed by atoms with Crippen molar-refractivity contribution >= 4 is 29.9 Å². The van der Waals surface area contributed by atoms with Gasteiger partial charge in [-0.2, -0.15) is 0 Å². The minimum atomic E-state index is 0. The van der Waals surface area contributed by atoms with Gasteiger partial charge in [0.05, 0.1) is 26.0 Å². The number of morpholine rings is 1. The molecule has 2 aromatic rings. The van der Waals surface area contributed by atoms with Gasteiger partial charge >= 0.3 is 0 Å². The van der Waals surface area contributed by atoms with Gasteiger partial charge in [-0.05, 0) is 18.2 Å². The van der Waals surface area contributed by atoms with Crippen molar-refractivity contribution in [3.05, 3.63) is 66.6 Å². The fourth-order valence-corrected chi connectivity index (χ4v) is 3.18. The number of ether oxygens (including phenoxy) is 2. The summed E-state index contributed by atoms with van der Waals surface area (Å²) in [7, 11) is 0. The highest BCUT2D eigenvalue weighted by atomic mass is 127. The van der Waals surface area contributed by atoms with Gasteiger partial charge in [-0.25, -0.2) is 4.99 Å². The van der Waals surface area contributed by atoms with Crippen LogP contribution < -0.4 is 15.4 Å². The SMILES string of the molecule is C=CCOc1ccccc1CN=C(NCCc1ccco1)NCCN1CCOCC1.I. The molecule has 0 radical (unpaired) electrons. The molecule has 170 valence electrons. The topological polar surface area (TPSA) is 71.3 Å². The maximum Gasteiger partial charge on any atom is 0.191 e. The number of hydrogen-bond acceptors (Lipinski definition) is 5. The molecule has 0 bridgehead atoms. The first-order valence-corrected chi connectivity index (χ1v) is 10.5. The molecule has 2 heterocycles. The number of aliphatic imine (C=N–C) groups is 1. The molecule has 1 saturated heterocycles. The van der Waals surface area contributed by atoms with E-state index in [1.807, 2.05) is 36.4 Å². The zero-order valence-electron chi connectivity index (χ0n) is 17.9. The number of para-hydroxylation sites is 1. The van der Waals surface area contributed by atoms with Crippen LogP contribution in [-0.2, 0) is 17.7 Å². The van der Waals surface area contributed by atoms with E-state index in [-0.39, 0.29) is 24.0 Å². The highest BCUT2D eigenvalue weighted by Gasteiger charge is 2.10. The fourth-order valence-electron chi connectivity index (χ4n) is 3.18. The van der Waals surface area contributed by atoms with Crippen LogP contribution in [0.5, 0.6) is 5.75 Å². The molecular weight excluding hydrogens is 507 g/mol. The molecule has 1 aliphatic rings. The number of hydrogen-bond donors (Lipinski definition) is 2. The van der Waals surface area contributed by atoms with E-state index in [1.165, 1.54) is 0 Å². The quantitative estimate of drug-likeness (QED) is 0.198. The van der Waals surface area contributed by atoms with Crippen molar-refractivity contribution in [2.75, 3.05) is 52.5 Å². The van der Waals surface area contributed by atoms with E-state index in [2.05, 4.69) is 22.1 Å². The normalized spacial score (nSPS) is 14.5. The van der Waals surface area contributed by atoms with Crippen molar-refractivity contribution in [2.24, 2.45) is 4.99 Å². The molecule has 8 heteroatoms. The van der Waals surface area contributed by atoms with Crippen LogP contribution in [0.15, 0.2) is 64.7 Å². The van der Waals surface area contributed by atoms with Gasteiger partial charge in [0.1, 0.15) is 18.1 Å². The third-order valence-electron chi connectivity index (χ3n) is 4.80. The van der Waals surface area contributed by atoms with E-state index < -0.39 is 0 Å². The predicted molar refractivity (Wildman–Crippen MR) is 134 cm³/mol. The second kappa shape index (κ2) is 14.9. The number of nitrogens with one attached hydrogen (secondary N) is 2. The molecule has 3 rings (SSSR count). The highest BCUT2D eigenvalue weighted by molar-refractivity contribution is 14.0. The van der Waals surface area contributed by atoms with Crippen molar-refractivity contribution in [1.29, 1.82) is 0 Å². The minimum absolute atomic E-state index is 0. The molecule has 0 amide bonds. The van der Waals surface area contributed by atoms with Crippen molar-refractivity contribution in [2.45, 2.75) is 13.0 Å². The summed E-state index contributed by atoms with van der Waals surface area (Å²) in [6.07, 6.45) is 4.25. The van der Waals surface area contributed by atoms with E-state index in [9.17, 15) is 0 Å². The van der Waals surface area contributed by atoms with Crippen LogP contribution in [-0.4, -0.2) is 63.4 Å². The maximum absolute atomic E-state index is 5.75. The molecule has 0 saturated carbocycles. The number of halogens is 1. The Bertz CT molecular complexity index is 777. The number of rotatable bonds is 11. The van der Waals surface area contributed by atoms with Gasteiger partial charge in [-0.1, -0.05) is 30.9 Å². The Kier molecular flexibility index (Phi) is 12.1. The summed E-state index contributed by atoms with van der Waals surface area (Å²) >= 11 is 0. The van der Waals surface area contributed by atoms with Gasteiger partial charge in [-0.15, -0.1) is 24.0 Å². The molecular formula is C23H33IN4O3. The first-order valence-electron chi connectivity index (χ1n) is 10.5. The Labute approximate surface area is 201 Å². The molecule has 1 fully saturated rings. The van der Waals surface area contributed by atoms with Gasteiger partial charge in [0.15, 0.2) is 5.96 Å². The third-order valence-corrected chi connectivity index (χ3v) is 4.80. The third kappa shape index (κ3) is 9.32. The van der Waals surface area contributed by atoms with Crippen LogP contribution in [0.2, 0.25) is 0 Å². The van der Waals surface area contributed by atoms with Gasteiger partial charge in [-0.3, -0.25) is 4.90 Å². The Balaban J connectivity index is 0.00000341. The number of guanidine groups is 1. The smallest absolute Gasteiger partial charge is 0.191 e. The molecule has 7 nitrogen and oxygen atoms in total. The summed E-state index contributed by atoms with van der Waals surface area (Å²) in [6, 6.07) is 11.9. The van der Waals surface area contributed by atoms with Crippen molar-refractivity contribution in [3.63, 3.8) is 0 Å². The summed E-state index contributed by atoms with van der Waals surface area (Å²) in [5, 5.41) is 6.86. The summed E-state index contributed by atoms with van der Waals surface area (Å²) in [4.78, 5) is 7.18. The van der Waals surface area contributed by atoms with Crippen LogP contribution in [0.3, 0.4) is 0 Å². The minimum Gasteiger partial charge on any atom is -0.489 e. The molecule has 0 unspecified atom stereocenters. The van der Waals surface area contributed by atoms with E-state index in [1.54, 1.807) is 12.3 Å². The molecule has 31 heavy (non-hydrogen) atoms. The Hall–Kier alpha value is -2.04. The standard InChI is InChI=1S/C23H32N4O3.HI/c1-2-15-30-22-8-4-3-6-20(22)19-26-23(24-10-9-21-7-5-16-29-21)25-11-12-27-13-17-28-18-14-27;/h2-8,16H,1,9-15,17-19H2,(H2,24,25,26);1H. The lowest BCUT2D eigenvalue weighted by Crippen LogP contribution is -2.44. The van der Waals surface area contributed by atoms with Crippen LogP contribution in [0, 0.1) is 0 Å². The second-order valence-electron chi connectivity index (χ2n) is 7.01. The maximum atomic E-state index is 5.75. The molecule has 1 aromatic heterocycles. The highest BCUT2D eigenvalue weighted by Crippen LogP contribution is 2.18.